The Labute approximate surface area is 128 Å². The Morgan fingerprint density at radius 2 is 1.62 bits per heavy atom. The molecule has 122 valence electrons. The van der Waals surface area contributed by atoms with Crippen molar-refractivity contribution in [3.63, 3.8) is 0 Å². The lowest BCUT2D eigenvalue weighted by Gasteiger charge is -2.40. The predicted octanol–water partition coefficient (Wildman–Crippen LogP) is 1.55. The molecule has 21 heavy (non-hydrogen) atoms. The quantitative estimate of drug-likeness (QED) is 0.827. The van der Waals surface area contributed by atoms with E-state index >= 15 is 0 Å². The second-order valence-corrected chi connectivity index (χ2v) is 7.43. The second kappa shape index (κ2) is 6.34. The summed E-state index contributed by atoms with van der Waals surface area (Å²) in [5, 5.41) is 13.0. The smallest absolute Gasteiger partial charge is 0.225 e. The van der Waals surface area contributed by atoms with E-state index in [1.807, 2.05) is 32.6 Å². The molecular formula is C16H30N2O3. The Morgan fingerprint density at radius 1 is 1.14 bits per heavy atom. The van der Waals surface area contributed by atoms with Crippen molar-refractivity contribution in [2.45, 2.75) is 65.5 Å². The first kappa shape index (κ1) is 18.0. The number of nitrogens with zero attached hydrogens (tertiary/aromatic N) is 1. The summed E-state index contributed by atoms with van der Waals surface area (Å²) < 4.78 is 0. The van der Waals surface area contributed by atoms with Crippen molar-refractivity contribution in [1.82, 2.24) is 10.2 Å². The second-order valence-electron chi connectivity index (χ2n) is 7.43. The molecule has 0 saturated carbocycles. The van der Waals surface area contributed by atoms with Crippen molar-refractivity contribution in [1.29, 1.82) is 0 Å². The molecule has 0 spiro atoms. The van der Waals surface area contributed by atoms with Crippen LogP contribution in [0.25, 0.3) is 0 Å². The van der Waals surface area contributed by atoms with Gasteiger partial charge in [0.1, 0.15) is 0 Å². The molecule has 0 bridgehead atoms. The molecule has 0 aromatic rings. The van der Waals surface area contributed by atoms with E-state index in [4.69, 9.17) is 0 Å². The number of nitrogens with one attached hydrogen (secondary N) is 1. The van der Waals surface area contributed by atoms with Gasteiger partial charge in [0.05, 0.1) is 11.1 Å². The SMILES string of the molecule is CC(C)C(=O)N1CCC(C(=O)NC(C)(C)C(C)(C)O)CC1. The van der Waals surface area contributed by atoms with Crippen LogP contribution >= 0.6 is 0 Å². The standard InChI is InChI=1S/C16H30N2O3/c1-11(2)14(20)18-9-7-12(8-10-18)13(19)17-15(3,4)16(5,6)21/h11-12,21H,7-10H2,1-6H3,(H,17,19). The van der Waals surface area contributed by atoms with Gasteiger partial charge in [-0.25, -0.2) is 0 Å². The van der Waals surface area contributed by atoms with Gasteiger partial charge in [-0.1, -0.05) is 13.8 Å². The van der Waals surface area contributed by atoms with Gasteiger partial charge in [0.2, 0.25) is 11.8 Å². The molecule has 5 nitrogen and oxygen atoms in total. The minimum atomic E-state index is -0.989. The Kier molecular flexibility index (Phi) is 5.42. The van der Waals surface area contributed by atoms with Crippen molar-refractivity contribution in [2.75, 3.05) is 13.1 Å². The summed E-state index contributed by atoms with van der Waals surface area (Å²) in [4.78, 5) is 26.1. The Bertz CT molecular complexity index is 389. The number of carbonyl (C=O) groups is 2. The van der Waals surface area contributed by atoms with E-state index in [9.17, 15) is 14.7 Å². The molecule has 1 fully saturated rings. The molecule has 2 amide bonds. The normalized spacial score (nSPS) is 18.0. The van der Waals surface area contributed by atoms with E-state index in [0.29, 0.717) is 25.9 Å². The zero-order chi connectivity index (χ0) is 16.4. The number of amides is 2. The molecule has 0 aromatic carbocycles. The number of hydrogen-bond acceptors (Lipinski definition) is 3. The molecular weight excluding hydrogens is 268 g/mol. The van der Waals surface area contributed by atoms with Crippen LogP contribution in [0.2, 0.25) is 0 Å². The largest absolute Gasteiger partial charge is 0.388 e. The number of piperidine rings is 1. The van der Waals surface area contributed by atoms with Gasteiger partial charge >= 0.3 is 0 Å². The fourth-order valence-corrected chi connectivity index (χ4v) is 2.29. The molecule has 0 radical (unpaired) electrons. The highest BCUT2D eigenvalue weighted by molar-refractivity contribution is 5.81. The molecule has 1 aliphatic rings. The van der Waals surface area contributed by atoms with Gasteiger partial charge in [0.15, 0.2) is 0 Å². The zero-order valence-electron chi connectivity index (χ0n) is 14.2. The topological polar surface area (TPSA) is 69.6 Å². The van der Waals surface area contributed by atoms with Gasteiger partial charge in [-0.3, -0.25) is 9.59 Å². The van der Waals surface area contributed by atoms with E-state index in [1.54, 1.807) is 13.8 Å². The molecule has 1 rings (SSSR count). The van der Waals surface area contributed by atoms with Crippen molar-refractivity contribution in [2.24, 2.45) is 11.8 Å². The Balaban J connectivity index is 2.55. The minimum Gasteiger partial charge on any atom is -0.388 e. The summed E-state index contributed by atoms with van der Waals surface area (Å²) in [6, 6.07) is 0. The van der Waals surface area contributed by atoms with E-state index in [0.717, 1.165) is 0 Å². The van der Waals surface area contributed by atoms with Crippen LogP contribution < -0.4 is 5.32 Å². The van der Waals surface area contributed by atoms with Crippen molar-refractivity contribution in [3.8, 4) is 0 Å². The number of carbonyl (C=O) groups excluding carboxylic acids is 2. The summed E-state index contributed by atoms with van der Waals surface area (Å²) >= 11 is 0. The van der Waals surface area contributed by atoms with Crippen LogP contribution in [0.1, 0.15) is 54.4 Å². The first-order valence-corrected chi connectivity index (χ1v) is 7.79. The van der Waals surface area contributed by atoms with Gasteiger partial charge in [-0.2, -0.15) is 0 Å². The van der Waals surface area contributed by atoms with Crippen LogP contribution in [0.4, 0.5) is 0 Å². The molecule has 0 aromatic heterocycles. The summed E-state index contributed by atoms with van der Waals surface area (Å²) in [6.07, 6.45) is 1.37. The van der Waals surface area contributed by atoms with Crippen molar-refractivity contribution in [3.05, 3.63) is 0 Å². The highest BCUT2D eigenvalue weighted by Crippen LogP contribution is 2.24. The van der Waals surface area contributed by atoms with Crippen LogP contribution in [-0.2, 0) is 9.59 Å². The van der Waals surface area contributed by atoms with Gasteiger partial charge in [-0.15, -0.1) is 0 Å². The van der Waals surface area contributed by atoms with Crippen molar-refractivity contribution >= 4 is 11.8 Å². The average molecular weight is 298 g/mol. The summed E-state index contributed by atoms with van der Waals surface area (Å²) in [5.74, 6) is 0.0526. The number of hydrogen-bond donors (Lipinski definition) is 2. The van der Waals surface area contributed by atoms with Crippen molar-refractivity contribution < 1.29 is 14.7 Å². The molecule has 1 saturated heterocycles. The van der Waals surface area contributed by atoms with E-state index in [2.05, 4.69) is 5.32 Å². The lowest BCUT2D eigenvalue weighted by Crippen LogP contribution is -2.59. The first-order chi connectivity index (χ1) is 9.45. The molecule has 5 heteroatoms. The predicted molar refractivity (Wildman–Crippen MR) is 82.7 cm³/mol. The van der Waals surface area contributed by atoms with Gasteiger partial charge < -0.3 is 15.3 Å². The maximum absolute atomic E-state index is 12.3. The third-order valence-corrected chi connectivity index (χ3v) is 4.64. The fraction of sp³-hybridized carbons (Fsp3) is 0.875. The summed E-state index contributed by atoms with van der Waals surface area (Å²) in [5.41, 5.74) is -1.67. The van der Waals surface area contributed by atoms with Gasteiger partial charge in [0, 0.05) is 24.9 Å². The highest BCUT2D eigenvalue weighted by Gasteiger charge is 2.38. The van der Waals surface area contributed by atoms with E-state index in [-0.39, 0.29) is 23.7 Å². The molecule has 0 unspecified atom stereocenters. The molecule has 2 N–H and O–H groups in total. The maximum atomic E-state index is 12.3. The molecule has 0 atom stereocenters. The molecule has 1 aliphatic heterocycles. The third-order valence-electron chi connectivity index (χ3n) is 4.64. The molecule has 0 aliphatic carbocycles. The number of likely N-dealkylation sites (tertiary alicyclic amines) is 1. The number of aliphatic hydroxyl groups is 1. The van der Waals surface area contributed by atoms with Gasteiger partial charge in [-0.05, 0) is 40.5 Å². The maximum Gasteiger partial charge on any atom is 0.225 e. The monoisotopic (exact) mass is 298 g/mol. The van der Waals surface area contributed by atoms with E-state index in [1.165, 1.54) is 0 Å². The lowest BCUT2D eigenvalue weighted by molar-refractivity contribution is -0.139. The first-order valence-electron chi connectivity index (χ1n) is 7.79. The van der Waals surface area contributed by atoms with Crippen LogP contribution in [0.3, 0.4) is 0 Å². The number of rotatable bonds is 4. The van der Waals surface area contributed by atoms with Gasteiger partial charge in [0.25, 0.3) is 0 Å². The van der Waals surface area contributed by atoms with Crippen LogP contribution in [-0.4, -0.2) is 46.1 Å². The average Bonchev–Trinajstić information content (AvgIpc) is 2.36. The van der Waals surface area contributed by atoms with Crippen LogP contribution in [0.15, 0.2) is 0 Å². The lowest BCUT2D eigenvalue weighted by atomic mass is 9.84. The Hall–Kier alpha value is -1.10. The van der Waals surface area contributed by atoms with Crippen LogP contribution in [0, 0.1) is 11.8 Å². The minimum absolute atomic E-state index is 0.00416. The summed E-state index contributed by atoms with van der Waals surface area (Å²) in [7, 11) is 0. The van der Waals surface area contributed by atoms with E-state index < -0.39 is 11.1 Å². The third kappa shape index (κ3) is 4.43. The zero-order valence-corrected chi connectivity index (χ0v) is 14.2. The highest BCUT2D eigenvalue weighted by atomic mass is 16.3. The molecule has 1 heterocycles. The summed E-state index contributed by atoms with van der Waals surface area (Å²) in [6.45, 7) is 12.1. The Morgan fingerprint density at radius 3 is 2.00 bits per heavy atom. The fourth-order valence-electron chi connectivity index (χ4n) is 2.29. The van der Waals surface area contributed by atoms with Crippen LogP contribution in [0.5, 0.6) is 0 Å².